The second kappa shape index (κ2) is 15.2. The quantitative estimate of drug-likeness (QED) is 0.178. The molecule has 236 valence electrons. The zero-order valence-corrected chi connectivity index (χ0v) is 27.7. The maximum absolute atomic E-state index is 14.5. The van der Waals surface area contributed by atoms with Crippen LogP contribution in [-0.4, -0.2) is 44.3 Å². The molecule has 0 unspecified atom stereocenters. The van der Waals surface area contributed by atoms with Gasteiger partial charge < -0.3 is 10.2 Å². The van der Waals surface area contributed by atoms with Crippen LogP contribution in [0.5, 0.6) is 0 Å². The highest BCUT2D eigenvalue weighted by atomic mass is 35.5. The van der Waals surface area contributed by atoms with Crippen molar-refractivity contribution >= 4 is 39.1 Å². The summed E-state index contributed by atoms with van der Waals surface area (Å²) in [4.78, 5) is 29.9. The number of carbonyl (C=O) groups excluding carboxylic acids is 2. The summed E-state index contributed by atoms with van der Waals surface area (Å²) in [5.74, 6) is -0.597. The minimum absolute atomic E-state index is 0.000946. The molecule has 0 aliphatic heterocycles. The van der Waals surface area contributed by atoms with E-state index < -0.39 is 28.5 Å². The summed E-state index contributed by atoms with van der Waals surface area (Å²) in [5.41, 5.74) is 4.01. The average Bonchev–Trinajstić information content (AvgIpc) is 3.01. The van der Waals surface area contributed by atoms with Crippen LogP contribution in [0.15, 0.2) is 108 Å². The molecule has 4 rings (SSSR count). The van der Waals surface area contributed by atoms with Crippen LogP contribution in [0.25, 0.3) is 0 Å². The molecule has 0 saturated heterocycles. The smallest absolute Gasteiger partial charge is 0.264 e. The standard InChI is InChI=1S/C36H40ClN3O4S/c1-26(2)23-38-36(42)34(22-29-10-6-5-7-11-29)39(24-30-12-8-9-28(4)21-30)35(41)25-40(32-17-13-27(3)14-18-32)45(43,44)33-19-15-31(37)16-20-33/h5-21,26,34H,22-25H2,1-4H3,(H,38,42)/t34-/m1/s1. The molecule has 1 atom stereocenters. The van der Waals surface area contributed by atoms with Crippen molar-refractivity contribution in [1.82, 2.24) is 10.2 Å². The fourth-order valence-electron chi connectivity index (χ4n) is 4.96. The van der Waals surface area contributed by atoms with E-state index in [1.807, 2.05) is 82.3 Å². The summed E-state index contributed by atoms with van der Waals surface area (Å²) in [6, 6.07) is 29.2. The van der Waals surface area contributed by atoms with Crippen molar-refractivity contribution in [2.24, 2.45) is 5.92 Å². The Hall–Kier alpha value is -4.14. The second-order valence-electron chi connectivity index (χ2n) is 11.7. The summed E-state index contributed by atoms with van der Waals surface area (Å²) < 4.78 is 29.3. The molecule has 9 heteroatoms. The van der Waals surface area contributed by atoms with E-state index in [1.54, 1.807) is 24.3 Å². The van der Waals surface area contributed by atoms with Crippen molar-refractivity contribution in [3.05, 3.63) is 130 Å². The van der Waals surface area contributed by atoms with Crippen molar-refractivity contribution < 1.29 is 18.0 Å². The van der Waals surface area contributed by atoms with Gasteiger partial charge >= 0.3 is 0 Å². The van der Waals surface area contributed by atoms with Crippen molar-refractivity contribution in [1.29, 1.82) is 0 Å². The molecule has 4 aromatic rings. The van der Waals surface area contributed by atoms with Gasteiger partial charge in [0.25, 0.3) is 10.0 Å². The molecule has 7 nitrogen and oxygen atoms in total. The predicted octanol–water partition coefficient (Wildman–Crippen LogP) is 6.56. The molecule has 0 fully saturated rings. The molecule has 4 aromatic carbocycles. The van der Waals surface area contributed by atoms with Gasteiger partial charge in [0.2, 0.25) is 11.8 Å². The molecule has 0 heterocycles. The van der Waals surface area contributed by atoms with Gasteiger partial charge in [-0.25, -0.2) is 8.42 Å². The SMILES string of the molecule is Cc1ccc(N(CC(=O)N(Cc2cccc(C)c2)[C@H](Cc2ccccc2)C(=O)NCC(C)C)S(=O)(=O)c2ccc(Cl)cc2)cc1. The number of anilines is 1. The zero-order valence-electron chi connectivity index (χ0n) is 26.1. The Morgan fingerprint density at radius 1 is 0.800 bits per heavy atom. The molecule has 0 aliphatic carbocycles. The third kappa shape index (κ3) is 9.19. The van der Waals surface area contributed by atoms with Gasteiger partial charge in [-0.05, 0) is 67.3 Å². The van der Waals surface area contributed by atoms with E-state index in [9.17, 15) is 18.0 Å². The maximum Gasteiger partial charge on any atom is 0.264 e. The minimum Gasteiger partial charge on any atom is -0.354 e. The van der Waals surface area contributed by atoms with Crippen LogP contribution >= 0.6 is 11.6 Å². The summed E-state index contributed by atoms with van der Waals surface area (Å²) >= 11 is 6.06. The Morgan fingerprint density at radius 3 is 2.07 bits per heavy atom. The highest BCUT2D eigenvalue weighted by Gasteiger charge is 2.34. The fraction of sp³-hybridized carbons (Fsp3) is 0.278. The summed E-state index contributed by atoms with van der Waals surface area (Å²) in [7, 11) is -4.19. The molecule has 0 aliphatic rings. The monoisotopic (exact) mass is 645 g/mol. The summed E-state index contributed by atoms with van der Waals surface area (Å²) in [5, 5.41) is 3.41. The predicted molar refractivity (Wildman–Crippen MR) is 181 cm³/mol. The number of halogens is 1. The molecule has 0 saturated carbocycles. The van der Waals surface area contributed by atoms with Crippen molar-refractivity contribution in [3.8, 4) is 0 Å². The Labute approximate surface area is 271 Å². The highest BCUT2D eigenvalue weighted by molar-refractivity contribution is 7.92. The van der Waals surface area contributed by atoms with Crippen LogP contribution in [0.2, 0.25) is 5.02 Å². The van der Waals surface area contributed by atoms with Crippen LogP contribution < -0.4 is 9.62 Å². The molecule has 2 amide bonds. The molecule has 1 N–H and O–H groups in total. The molecule has 0 aromatic heterocycles. The summed E-state index contributed by atoms with van der Waals surface area (Å²) in [6.45, 7) is 7.92. The topological polar surface area (TPSA) is 86.8 Å². The van der Waals surface area contributed by atoms with Crippen LogP contribution in [0.1, 0.15) is 36.1 Å². The number of aryl methyl sites for hydroxylation is 2. The Morgan fingerprint density at radius 2 is 1.44 bits per heavy atom. The average molecular weight is 646 g/mol. The van der Waals surface area contributed by atoms with Gasteiger partial charge in [0.05, 0.1) is 10.6 Å². The first-order chi connectivity index (χ1) is 21.4. The molecule has 0 radical (unpaired) electrons. The van der Waals surface area contributed by atoms with E-state index in [2.05, 4.69) is 5.32 Å². The van der Waals surface area contributed by atoms with Crippen molar-refractivity contribution in [2.75, 3.05) is 17.4 Å². The molecular formula is C36H40ClN3O4S. The number of rotatable bonds is 13. The summed E-state index contributed by atoms with van der Waals surface area (Å²) in [6.07, 6.45) is 0.261. The Kier molecular flexibility index (Phi) is 11.4. The maximum atomic E-state index is 14.5. The first kappa shape index (κ1) is 33.7. The fourth-order valence-corrected chi connectivity index (χ4v) is 6.50. The lowest BCUT2D eigenvalue weighted by Gasteiger charge is -2.34. The lowest BCUT2D eigenvalue weighted by Crippen LogP contribution is -2.53. The van der Waals surface area contributed by atoms with Gasteiger partial charge in [-0.1, -0.05) is 103 Å². The minimum atomic E-state index is -4.19. The van der Waals surface area contributed by atoms with Gasteiger partial charge in [-0.2, -0.15) is 0 Å². The number of carbonyl (C=O) groups is 2. The van der Waals surface area contributed by atoms with Gasteiger partial charge in [-0.15, -0.1) is 0 Å². The normalized spacial score (nSPS) is 12.0. The third-order valence-corrected chi connectivity index (χ3v) is 9.43. The molecule has 0 spiro atoms. The van der Waals surface area contributed by atoms with Crippen LogP contribution in [0.4, 0.5) is 5.69 Å². The Bertz CT molecular complexity index is 1690. The van der Waals surface area contributed by atoms with Crippen molar-refractivity contribution in [2.45, 2.75) is 51.6 Å². The lowest BCUT2D eigenvalue weighted by molar-refractivity contribution is -0.140. The highest BCUT2D eigenvalue weighted by Crippen LogP contribution is 2.26. The van der Waals surface area contributed by atoms with Crippen molar-refractivity contribution in [3.63, 3.8) is 0 Å². The first-order valence-corrected chi connectivity index (χ1v) is 16.8. The number of nitrogens with zero attached hydrogens (tertiary/aromatic N) is 2. The largest absolute Gasteiger partial charge is 0.354 e. The van der Waals surface area contributed by atoms with Crippen LogP contribution in [-0.2, 0) is 32.6 Å². The van der Waals surface area contributed by atoms with E-state index in [-0.39, 0.29) is 29.7 Å². The number of nitrogens with one attached hydrogen (secondary N) is 1. The van der Waals surface area contributed by atoms with E-state index in [0.717, 1.165) is 26.6 Å². The van der Waals surface area contributed by atoms with Gasteiger partial charge in [-0.3, -0.25) is 13.9 Å². The van der Waals surface area contributed by atoms with Crippen LogP contribution in [0.3, 0.4) is 0 Å². The number of hydrogen-bond donors (Lipinski definition) is 1. The second-order valence-corrected chi connectivity index (χ2v) is 14.0. The Balaban J connectivity index is 1.79. The van der Waals surface area contributed by atoms with E-state index >= 15 is 0 Å². The third-order valence-electron chi connectivity index (χ3n) is 7.39. The van der Waals surface area contributed by atoms with E-state index in [1.165, 1.54) is 29.2 Å². The van der Waals surface area contributed by atoms with Gasteiger partial charge in [0.15, 0.2) is 0 Å². The van der Waals surface area contributed by atoms with E-state index in [4.69, 9.17) is 11.6 Å². The van der Waals surface area contributed by atoms with E-state index in [0.29, 0.717) is 17.3 Å². The first-order valence-electron chi connectivity index (χ1n) is 15.0. The number of sulfonamides is 1. The molecule has 45 heavy (non-hydrogen) atoms. The molecule has 0 bridgehead atoms. The van der Waals surface area contributed by atoms with Gasteiger partial charge in [0, 0.05) is 24.5 Å². The number of hydrogen-bond acceptors (Lipinski definition) is 4. The zero-order chi connectivity index (χ0) is 32.6. The number of benzene rings is 4. The molecular weight excluding hydrogens is 606 g/mol. The number of amides is 2. The van der Waals surface area contributed by atoms with Gasteiger partial charge in [0.1, 0.15) is 12.6 Å². The lowest BCUT2D eigenvalue weighted by atomic mass is 10.0. The van der Waals surface area contributed by atoms with Crippen LogP contribution in [0, 0.1) is 19.8 Å².